The van der Waals surface area contributed by atoms with Gasteiger partial charge in [-0.3, -0.25) is 4.79 Å². The maximum Gasteiger partial charge on any atom is 0.211 e. The number of phenols is 1. The van der Waals surface area contributed by atoms with E-state index in [2.05, 4.69) is 16.9 Å². The summed E-state index contributed by atoms with van der Waals surface area (Å²) in [5.74, 6) is 0.140. The van der Waals surface area contributed by atoms with Crippen molar-refractivity contribution in [2.45, 2.75) is 0 Å². The van der Waals surface area contributed by atoms with Gasteiger partial charge in [0.2, 0.25) is 6.41 Å². The minimum absolute atomic E-state index is 0.140. The van der Waals surface area contributed by atoms with Gasteiger partial charge in [-0.05, 0) is 18.2 Å². The number of rotatable bonds is 3. The van der Waals surface area contributed by atoms with Crippen molar-refractivity contribution in [1.82, 2.24) is 10.3 Å². The molecule has 0 aliphatic heterocycles. The second-order valence-electron chi connectivity index (χ2n) is 3.18. The molecule has 0 saturated heterocycles. The first kappa shape index (κ1) is 9.33. The first-order valence-corrected chi connectivity index (χ1v) is 4.42. The van der Waals surface area contributed by atoms with Gasteiger partial charge >= 0.3 is 0 Å². The Morgan fingerprint density at radius 3 is 3.07 bits per heavy atom. The first-order chi connectivity index (χ1) is 7.22. The molecule has 2 aromatic rings. The van der Waals surface area contributed by atoms with E-state index in [9.17, 15) is 9.90 Å². The van der Waals surface area contributed by atoms with Gasteiger partial charge in [0.1, 0.15) is 5.75 Å². The number of benzene rings is 1. The van der Waals surface area contributed by atoms with Crippen molar-refractivity contribution in [1.29, 1.82) is 0 Å². The number of aromatic nitrogens is 1. The van der Waals surface area contributed by atoms with Crippen LogP contribution in [-0.4, -0.2) is 16.5 Å². The van der Waals surface area contributed by atoms with Gasteiger partial charge in [-0.25, -0.2) is 0 Å². The second kappa shape index (κ2) is 3.49. The average Bonchev–Trinajstić information content (AvgIpc) is 2.66. The molecule has 3 N–H and O–H groups in total. The topological polar surface area (TPSA) is 65.1 Å². The monoisotopic (exact) mass is 202 g/mol. The Balaban J connectivity index is 2.53. The smallest absolute Gasteiger partial charge is 0.211 e. The van der Waals surface area contributed by atoms with Gasteiger partial charge in [-0.1, -0.05) is 6.58 Å². The van der Waals surface area contributed by atoms with E-state index in [1.54, 1.807) is 12.3 Å². The Bertz CT molecular complexity index is 528. The molecule has 0 atom stereocenters. The number of nitrogens with one attached hydrogen (secondary N) is 2. The summed E-state index contributed by atoms with van der Waals surface area (Å²) in [5, 5.41) is 13.0. The molecule has 1 heterocycles. The molecule has 76 valence electrons. The Morgan fingerprint density at radius 2 is 2.33 bits per heavy atom. The third-order valence-corrected chi connectivity index (χ3v) is 2.22. The number of aromatic amines is 1. The van der Waals surface area contributed by atoms with Gasteiger partial charge in [0, 0.05) is 22.8 Å². The highest BCUT2D eigenvalue weighted by Gasteiger charge is 2.05. The van der Waals surface area contributed by atoms with Gasteiger partial charge in [0.25, 0.3) is 0 Å². The quantitative estimate of drug-likeness (QED) is 0.662. The minimum Gasteiger partial charge on any atom is -0.506 e. The third kappa shape index (κ3) is 1.57. The number of amides is 1. The summed E-state index contributed by atoms with van der Waals surface area (Å²) in [6.45, 7) is 3.68. The molecule has 4 nitrogen and oxygen atoms in total. The molecule has 0 aliphatic carbocycles. The fourth-order valence-electron chi connectivity index (χ4n) is 1.48. The fourth-order valence-corrected chi connectivity index (χ4v) is 1.48. The van der Waals surface area contributed by atoms with Crippen molar-refractivity contribution in [3.63, 3.8) is 0 Å². The molecular weight excluding hydrogens is 192 g/mol. The largest absolute Gasteiger partial charge is 0.506 e. The molecule has 1 amide bonds. The highest BCUT2D eigenvalue weighted by molar-refractivity contribution is 5.89. The van der Waals surface area contributed by atoms with Gasteiger partial charge in [0.15, 0.2) is 0 Å². The number of H-pyrrole nitrogens is 1. The molecule has 15 heavy (non-hydrogen) atoms. The molecule has 1 aromatic carbocycles. The van der Waals surface area contributed by atoms with Crippen LogP contribution in [0.5, 0.6) is 5.75 Å². The number of hydrogen-bond donors (Lipinski definition) is 3. The van der Waals surface area contributed by atoms with E-state index in [-0.39, 0.29) is 5.75 Å². The van der Waals surface area contributed by atoms with Crippen LogP contribution >= 0.6 is 0 Å². The van der Waals surface area contributed by atoms with Gasteiger partial charge in [-0.15, -0.1) is 0 Å². The lowest BCUT2D eigenvalue weighted by Crippen LogP contribution is -2.07. The molecule has 0 aliphatic rings. The predicted octanol–water partition coefficient (Wildman–Crippen LogP) is 1.59. The lowest BCUT2D eigenvalue weighted by molar-refractivity contribution is -0.108. The highest BCUT2D eigenvalue weighted by atomic mass is 16.3. The Labute approximate surface area is 86.2 Å². The summed E-state index contributed by atoms with van der Waals surface area (Å²) in [6, 6.07) is 5.23. The molecule has 4 heteroatoms. The van der Waals surface area contributed by atoms with Crippen LogP contribution in [0.3, 0.4) is 0 Å². The van der Waals surface area contributed by atoms with Gasteiger partial charge in [-0.2, -0.15) is 0 Å². The Hall–Kier alpha value is -2.23. The molecule has 0 fully saturated rings. The van der Waals surface area contributed by atoms with E-state index in [0.717, 1.165) is 5.39 Å². The number of hydrogen-bond acceptors (Lipinski definition) is 2. The summed E-state index contributed by atoms with van der Waals surface area (Å²) in [6.07, 6.45) is 2.30. The van der Waals surface area contributed by atoms with E-state index in [0.29, 0.717) is 23.2 Å². The lowest BCUT2D eigenvalue weighted by atomic mass is 10.1. The zero-order valence-corrected chi connectivity index (χ0v) is 7.95. The van der Waals surface area contributed by atoms with E-state index < -0.39 is 0 Å². The molecule has 0 unspecified atom stereocenters. The summed E-state index contributed by atoms with van der Waals surface area (Å²) >= 11 is 0. The van der Waals surface area contributed by atoms with E-state index in [1.165, 1.54) is 0 Å². The second-order valence-corrected chi connectivity index (χ2v) is 3.18. The van der Waals surface area contributed by atoms with Crippen LogP contribution in [-0.2, 0) is 4.79 Å². The van der Waals surface area contributed by atoms with Crippen LogP contribution in [0.25, 0.3) is 16.6 Å². The van der Waals surface area contributed by atoms with Crippen molar-refractivity contribution >= 4 is 23.0 Å². The molecule has 2 rings (SSSR count). The van der Waals surface area contributed by atoms with Crippen molar-refractivity contribution < 1.29 is 9.90 Å². The maximum absolute atomic E-state index is 10.2. The molecule has 0 saturated carbocycles. The van der Waals surface area contributed by atoms with Crippen LogP contribution in [0.2, 0.25) is 0 Å². The van der Waals surface area contributed by atoms with Gasteiger partial charge in [0.05, 0.1) is 5.52 Å². The standard InChI is InChI=1S/C11H10N2O2/c1-7(13-6-14)9-4-8-2-3-12-11(8)10(15)5-9/h2-6,12,15H,1H2,(H,13,14). The molecule has 0 spiro atoms. The van der Waals surface area contributed by atoms with E-state index in [1.807, 2.05) is 12.1 Å². The Morgan fingerprint density at radius 1 is 1.53 bits per heavy atom. The van der Waals surface area contributed by atoms with Crippen LogP contribution in [0.15, 0.2) is 31.0 Å². The Kier molecular flexibility index (Phi) is 2.17. The zero-order valence-electron chi connectivity index (χ0n) is 7.95. The van der Waals surface area contributed by atoms with E-state index >= 15 is 0 Å². The number of aromatic hydroxyl groups is 1. The number of fused-ring (bicyclic) bond motifs is 1. The molecule has 1 aromatic heterocycles. The van der Waals surface area contributed by atoms with Crippen LogP contribution in [0.1, 0.15) is 5.56 Å². The fraction of sp³-hybridized carbons (Fsp3) is 0. The van der Waals surface area contributed by atoms with Crippen LogP contribution in [0.4, 0.5) is 0 Å². The molecule has 0 bridgehead atoms. The normalized spacial score (nSPS) is 10.1. The number of phenolic OH excluding ortho intramolecular Hbond substituents is 1. The molecular formula is C11H10N2O2. The SMILES string of the molecule is C=C(NC=O)c1cc(O)c2[nH]ccc2c1. The van der Waals surface area contributed by atoms with Crippen molar-refractivity contribution in [3.8, 4) is 5.75 Å². The lowest BCUT2D eigenvalue weighted by Gasteiger charge is -2.05. The summed E-state index contributed by atoms with van der Waals surface area (Å²) in [4.78, 5) is 13.2. The van der Waals surface area contributed by atoms with Crippen molar-refractivity contribution in [2.75, 3.05) is 0 Å². The summed E-state index contributed by atoms with van der Waals surface area (Å²) < 4.78 is 0. The first-order valence-electron chi connectivity index (χ1n) is 4.42. The van der Waals surface area contributed by atoms with Crippen LogP contribution < -0.4 is 5.32 Å². The van der Waals surface area contributed by atoms with E-state index in [4.69, 9.17) is 0 Å². The minimum atomic E-state index is 0.140. The highest BCUT2D eigenvalue weighted by Crippen LogP contribution is 2.27. The number of carbonyl (C=O) groups is 1. The van der Waals surface area contributed by atoms with Gasteiger partial charge < -0.3 is 15.4 Å². The summed E-state index contributed by atoms with van der Waals surface area (Å²) in [5.41, 5.74) is 1.83. The summed E-state index contributed by atoms with van der Waals surface area (Å²) in [7, 11) is 0. The molecule has 0 radical (unpaired) electrons. The average molecular weight is 202 g/mol. The predicted molar refractivity (Wildman–Crippen MR) is 58.2 cm³/mol. The maximum atomic E-state index is 10.2. The third-order valence-electron chi connectivity index (χ3n) is 2.22. The van der Waals surface area contributed by atoms with Crippen molar-refractivity contribution in [3.05, 3.63) is 36.5 Å². The van der Waals surface area contributed by atoms with Crippen LogP contribution in [0, 0.1) is 0 Å². The zero-order chi connectivity index (χ0) is 10.8. The van der Waals surface area contributed by atoms with Crippen molar-refractivity contribution in [2.24, 2.45) is 0 Å². The number of carbonyl (C=O) groups excluding carboxylic acids is 1.